The molecule has 0 aliphatic heterocycles. The average molecular weight is 428 g/mol. The van der Waals surface area contributed by atoms with Gasteiger partial charge in [-0.1, -0.05) is 60.7 Å². The van der Waals surface area contributed by atoms with Crippen molar-refractivity contribution in [3.05, 3.63) is 101 Å². The fraction of sp³-hybridized carbons (Fsp3) is 0.185. The van der Waals surface area contributed by atoms with Gasteiger partial charge < -0.3 is 14.5 Å². The predicted molar refractivity (Wildman–Crippen MR) is 126 cm³/mol. The maximum atomic E-state index is 12.3. The van der Waals surface area contributed by atoms with Crippen molar-refractivity contribution in [1.82, 2.24) is 5.32 Å². The number of hydrogen-bond acceptors (Lipinski definition) is 4. The average Bonchev–Trinajstić information content (AvgIpc) is 2.82. The van der Waals surface area contributed by atoms with Gasteiger partial charge in [0.05, 0.1) is 0 Å². The van der Waals surface area contributed by atoms with E-state index in [1.807, 2.05) is 61.5 Å². The molecular formula is C27H25NO4. The molecule has 0 bridgehead atoms. The van der Waals surface area contributed by atoms with Gasteiger partial charge in [-0.05, 0) is 48.6 Å². The van der Waals surface area contributed by atoms with Gasteiger partial charge in [-0.15, -0.1) is 0 Å². The summed E-state index contributed by atoms with van der Waals surface area (Å²) in [5.74, 6) is 0.281. The van der Waals surface area contributed by atoms with Crippen molar-refractivity contribution in [2.24, 2.45) is 0 Å². The summed E-state index contributed by atoms with van der Waals surface area (Å²) < 4.78 is 11.0. The summed E-state index contributed by atoms with van der Waals surface area (Å²) in [6, 6.07) is 26.6. The zero-order chi connectivity index (χ0) is 22.3. The molecule has 1 amide bonds. The highest BCUT2D eigenvalue weighted by molar-refractivity contribution is 5.93. The Bertz CT molecular complexity index is 1250. The lowest BCUT2D eigenvalue weighted by Gasteiger charge is -2.14. The molecular weight excluding hydrogens is 402 g/mol. The number of fused-ring (bicyclic) bond motifs is 1. The lowest BCUT2D eigenvalue weighted by Crippen LogP contribution is -2.36. The number of rotatable bonds is 8. The van der Waals surface area contributed by atoms with Crippen LogP contribution in [0.25, 0.3) is 22.1 Å². The highest BCUT2D eigenvalue weighted by Gasteiger charge is 2.11. The molecule has 32 heavy (non-hydrogen) atoms. The van der Waals surface area contributed by atoms with Crippen molar-refractivity contribution in [3.8, 4) is 16.9 Å². The third-order valence-corrected chi connectivity index (χ3v) is 5.29. The van der Waals surface area contributed by atoms with Gasteiger partial charge in [0.15, 0.2) is 6.61 Å². The Morgan fingerprint density at radius 1 is 0.969 bits per heavy atom. The normalized spacial score (nSPS) is 11.8. The Kier molecular flexibility index (Phi) is 6.66. The molecule has 1 heterocycles. The van der Waals surface area contributed by atoms with Gasteiger partial charge in [0.1, 0.15) is 11.3 Å². The molecule has 0 aliphatic carbocycles. The smallest absolute Gasteiger partial charge is 0.336 e. The number of amides is 1. The number of hydrogen-bond donors (Lipinski definition) is 1. The number of ether oxygens (including phenoxy) is 1. The van der Waals surface area contributed by atoms with Crippen molar-refractivity contribution in [2.45, 2.75) is 25.8 Å². The summed E-state index contributed by atoms with van der Waals surface area (Å²) in [6.07, 6.45) is 1.75. The number of benzene rings is 3. The zero-order valence-corrected chi connectivity index (χ0v) is 17.9. The van der Waals surface area contributed by atoms with Crippen LogP contribution in [0.4, 0.5) is 0 Å². The van der Waals surface area contributed by atoms with Gasteiger partial charge in [0.25, 0.3) is 5.91 Å². The fourth-order valence-electron chi connectivity index (χ4n) is 3.65. The van der Waals surface area contributed by atoms with Crippen LogP contribution < -0.4 is 15.7 Å². The molecule has 4 rings (SSSR count). The van der Waals surface area contributed by atoms with E-state index in [1.54, 1.807) is 12.1 Å². The van der Waals surface area contributed by atoms with Crippen LogP contribution in [0.2, 0.25) is 0 Å². The van der Waals surface area contributed by atoms with Crippen LogP contribution >= 0.6 is 0 Å². The Morgan fingerprint density at radius 3 is 2.44 bits per heavy atom. The second-order valence-corrected chi connectivity index (χ2v) is 7.78. The quantitative estimate of drug-likeness (QED) is 0.403. The molecule has 0 saturated carbocycles. The predicted octanol–water partition coefficient (Wildman–Crippen LogP) is 4.98. The number of aryl methyl sites for hydroxylation is 1. The summed E-state index contributed by atoms with van der Waals surface area (Å²) in [7, 11) is 0. The molecule has 5 nitrogen and oxygen atoms in total. The molecule has 0 saturated heterocycles. The maximum Gasteiger partial charge on any atom is 0.336 e. The molecule has 4 aromatic rings. The Hall–Kier alpha value is -3.86. The first-order chi connectivity index (χ1) is 15.6. The first-order valence-corrected chi connectivity index (χ1v) is 10.7. The van der Waals surface area contributed by atoms with E-state index in [9.17, 15) is 9.59 Å². The summed E-state index contributed by atoms with van der Waals surface area (Å²) in [5.41, 5.74) is 2.97. The van der Waals surface area contributed by atoms with Crippen LogP contribution in [0.5, 0.6) is 5.75 Å². The van der Waals surface area contributed by atoms with Gasteiger partial charge in [0.2, 0.25) is 0 Å². The second kappa shape index (κ2) is 9.96. The minimum atomic E-state index is -0.432. The van der Waals surface area contributed by atoms with E-state index in [4.69, 9.17) is 9.15 Å². The zero-order valence-electron chi connectivity index (χ0n) is 17.9. The molecule has 3 aromatic carbocycles. The SMILES string of the molecule is C[C@@H](CCc1ccccc1)NC(=O)COc1ccc2c(-c3ccccc3)cc(=O)oc2c1. The van der Waals surface area contributed by atoms with E-state index >= 15 is 0 Å². The van der Waals surface area contributed by atoms with Crippen molar-refractivity contribution < 1.29 is 13.9 Å². The second-order valence-electron chi connectivity index (χ2n) is 7.78. The van der Waals surface area contributed by atoms with Crippen LogP contribution in [0.3, 0.4) is 0 Å². The van der Waals surface area contributed by atoms with Crippen molar-refractivity contribution in [2.75, 3.05) is 6.61 Å². The van der Waals surface area contributed by atoms with Crippen molar-refractivity contribution in [1.29, 1.82) is 0 Å². The van der Waals surface area contributed by atoms with Crippen LogP contribution in [-0.2, 0) is 11.2 Å². The number of nitrogens with one attached hydrogen (secondary N) is 1. The van der Waals surface area contributed by atoms with E-state index in [0.717, 1.165) is 29.4 Å². The topological polar surface area (TPSA) is 68.5 Å². The first-order valence-electron chi connectivity index (χ1n) is 10.7. The molecule has 0 unspecified atom stereocenters. The molecule has 0 aliphatic rings. The Balaban J connectivity index is 1.38. The Morgan fingerprint density at radius 2 is 1.69 bits per heavy atom. The van der Waals surface area contributed by atoms with Gasteiger partial charge >= 0.3 is 5.63 Å². The minimum Gasteiger partial charge on any atom is -0.484 e. The summed E-state index contributed by atoms with van der Waals surface area (Å²) in [6.45, 7) is 1.88. The third-order valence-electron chi connectivity index (χ3n) is 5.29. The van der Waals surface area contributed by atoms with Gasteiger partial charge in [-0.25, -0.2) is 4.79 Å². The van der Waals surface area contributed by atoms with Crippen LogP contribution in [0.15, 0.2) is 94.1 Å². The van der Waals surface area contributed by atoms with Crippen LogP contribution in [0.1, 0.15) is 18.9 Å². The lowest BCUT2D eigenvalue weighted by molar-refractivity contribution is -0.123. The monoisotopic (exact) mass is 427 g/mol. The number of carbonyl (C=O) groups excluding carboxylic acids is 1. The van der Waals surface area contributed by atoms with E-state index in [-0.39, 0.29) is 18.6 Å². The minimum absolute atomic E-state index is 0.0364. The molecule has 162 valence electrons. The van der Waals surface area contributed by atoms with E-state index in [0.29, 0.717) is 11.3 Å². The van der Waals surface area contributed by atoms with E-state index in [1.165, 1.54) is 11.6 Å². The van der Waals surface area contributed by atoms with Crippen molar-refractivity contribution in [3.63, 3.8) is 0 Å². The molecule has 0 radical (unpaired) electrons. The highest BCUT2D eigenvalue weighted by Crippen LogP contribution is 2.29. The summed E-state index contributed by atoms with van der Waals surface area (Å²) >= 11 is 0. The highest BCUT2D eigenvalue weighted by atomic mass is 16.5. The maximum absolute atomic E-state index is 12.3. The third kappa shape index (κ3) is 5.43. The summed E-state index contributed by atoms with van der Waals surface area (Å²) in [4.78, 5) is 24.4. The molecule has 1 N–H and O–H groups in total. The molecule has 1 atom stereocenters. The fourth-order valence-corrected chi connectivity index (χ4v) is 3.65. The largest absolute Gasteiger partial charge is 0.484 e. The van der Waals surface area contributed by atoms with Gasteiger partial charge in [-0.3, -0.25) is 4.79 Å². The molecule has 5 heteroatoms. The summed E-state index contributed by atoms with van der Waals surface area (Å²) in [5, 5.41) is 3.77. The first kappa shape index (κ1) is 21.4. The van der Waals surface area contributed by atoms with Crippen LogP contribution in [0, 0.1) is 0 Å². The standard InChI is InChI=1S/C27H25NO4/c1-19(12-13-20-8-4-2-5-9-20)28-26(29)18-31-22-14-15-23-24(21-10-6-3-7-11-21)17-27(30)32-25(23)16-22/h2-11,14-17,19H,12-13,18H2,1H3,(H,28,29)/t19-/m0/s1. The van der Waals surface area contributed by atoms with Crippen molar-refractivity contribution >= 4 is 16.9 Å². The Labute approximate surface area is 186 Å². The lowest BCUT2D eigenvalue weighted by atomic mass is 10.0. The molecule has 0 fully saturated rings. The van der Waals surface area contributed by atoms with Crippen LogP contribution in [-0.4, -0.2) is 18.6 Å². The molecule has 1 aromatic heterocycles. The van der Waals surface area contributed by atoms with Gasteiger partial charge in [-0.2, -0.15) is 0 Å². The number of carbonyl (C=O) groups is 1. The van der Waals surface area contributed by atoms with E-state index < -0.39 is 5.63 Å². The van der Waals surface area contributed by atoms with Gasteiger partial charge in [0, 0.05) is 23.6 Å². The van der Waals surface area contributed by atoms with E-state index in [2.05, 4.69) is 17.4 Å². The molecule has 0 spiro atoms.